The van der Waals surface area contributed by atoms with E-state index in [1.165, 1.54) is 18.2 Å². The van der Waals surface area contributed by atoms with Crippen LogP contribution in [0.2, 0.25) is 5.02 Å². The van der Waals surface area contributed by atoms with Gasteiger partial charge < -0.3 is 4.74 Å². The van der Waals surface area contributed by atoms with Gasteiger partial charge in [-0.3, -0.25) is 0 Å². The zero-order chi connectivity index (χ0) is 14.0. The Hall–Kier alpha value is -0.910. The van der Waals surface area contributed by atoms with Crippen molar-refractivity contribution in [2.24, 2.45) is 0 Å². The van der Waals surface area contributed by atoms with Gasteiger partial charge in [-0.25, -0.2) is 9.37 Å². The molecule has 100 valence electrons. The minimum atomic E-state index is -1.09. The molecular formula is C12H6BrCl2F2NO. The Balaban J connectivity index is 2.36. The Morgan fingerprint density at radius 2 is 2.00 bits per heavy atom. The topological polar surface area (TPSA) is 22.1 Å². The summed E-state index contributed by atoms with van der Waals surface area (Å²) in [4.78, 5) is 4.00. The number of ether oxygens (including phenoxy) is 1. The lowest BCUT2D eigenvalue weighted by atomic mass is 10.3. The molecule has 0 amide bonds. The molecule has 0 aliphatic carbocycles. The normalized spacial score (nSPS) is 10.6. The Bertz CT molecular complexity index is 625. The summed E-state index contributed by atoms with van der Waals surface area (Å²) >= 11 is 14.5. The molecule has 0 unspecified atom stereocenters. The fourth-order valence-corrected chi connectivity index (χ4v) is 2.19. The summed E-state index contributed by atoms with van der Waals surface area (Å²) in [6.45, 7) is 0. The van der Waals surface area contributed by atoms with Crippen molar-refractivity contribution in [1.82, 2.24) is 4.98 Å². The van der Waals surface area contributed by atoms with E-state index in [0.717, 1.165) is 6.07 Å². The van der Waals surface area contributed by atoms with Crippen LogP contribution in [0, 0.1) is 11.6 Å². The van der Waals surface area contributed by atoms with Gasteiger partial charge in [0, 0.05) is 10.5 Å². The summed E-state index contributed by atoms with van der Waals surface area (Å²) in [7, 11) is 0. The molecular weight excluding hydrogens is 363 g/mol. The van der Waals surface area contributed by atoms with Crippen molar-refractivity contribution in [2.75, 3.05) is 0 Å². The number of benzene rings is 1. The highest BCUT2D eigenvalue weighted by Gasteiger charge is 2.13. The lowest BCUT2D eigenvalue weighted by Gasteiger charge is -2.08. The molecule has 0 radical (unpaired) electrons. The van der Waals surface area contributed by atoms with Crippen LogP contribution in [0.5, 0.6) is 11.6 Å². The van der Waals surface area contributed by atoms with Crippen LogP contribution >= 0.6 is 39.1 Å². The van der Waals surface area contributed by atoms with E-state index in [9.17, 15) is 8.78 Å². The molecule has 0 spiro atoms. The highest BCUT2D eigenvalue weighted by molar-refractivity contribution is 9.10. The Kier molecular flexibility index (Phi) is 4.60. The molecule has 1 aromatic carbocycles. The lowest BCUT2D eigenvalue weighted by Crippen LogP contribution is -1.96. The monoisotopic (exact) mass is 367 g/mol. The number of hydrogen-bond donors (Lipinski definition) is 0. The maximum atomic E-state index is 13.5. The summed E-state index contributed by atoms with van der Waals surface area (Å²) in [6, 6.07) is 5.27. The first-order chi connectivity index (χ1) is 9.01. The van der Waals surface area contributed by atoms with Crippen LogP contribution in [0.15, 0.2) is 28.7 Å². The molecule has 19 heavy (non-hydrogen) atoms. The van der Waals surface area contributed by atoms with Crippen LogP contribution in [0.3, 0.4) is 0 Å². The van der Waals surface area contributed by atoms with E-state index in [4.69, 9.17) is 27.9 Å². The summed E-state index contributed by atoms with van der Waals surface area (Å²) < 4.78 is 32.3. The summed E-state index contributed by atoms with van der Waals surface area (Å²) in [5.74, 6) is -2.22. The number of rotatable bonds is 3. The smallest absolute Gasteiger partial charge is 0.219 e. The van der Waals surface area contributed by atoms with Crippen molar-refractivity contribution < 1.29 is 13.5 Å². The second-order valence-corrected chi connectivity index (χ2v) is 5.10. The number of halogens is 5. The molecule has 7 heteroatoms. The van der Waals surface area contributed by atoms with Gasteiger partial charge in [-0.15, -0.1) is 11.6 Å². The van der Waals surface area contributed by atoms with E-state index in [1.807, 2.05) is 0 Å². The number of pyridine rings is 1. The molecule has 2 rings (SSSR count). The third-order valence-electron chi connectivity index (χ3n) is 2.19. The SMILES string of the molecule is Fc1cc(Br)cc(Oc2ccc(Cl)c(CCl)n2)c1F. The van der Waals surface area contributed by atoms with E-state index in [0.29, 0.717) is 15.2 Å². The van der Waals surface area contributed by atoms with E-state index >= 15 is 0 Å². The zero-order valence-electron chi connectivity index (χ0n) is 9.26. The van der Waals surface area contributed by atoms with Crippen LogP contribution in [-0.2, 0) is 5.88 Å². The molecule has 0 N–H and O–H groups in total. The first-order valence-electron chi connectivity index (χ1n) is 5.05. The molecule has 0 atom stereocenters. The molecule has 0 saturated carbocycles. The Morgan fingerprint density at radius 1 is 1.26 bits per heavy atom. The second kappa shape index (κ2) is 6.03. The lowest BCUT2D eigenvalue weighted by molar-refractivity contribution is 0.404. The molecule has 1 aromatic heterocycles. The van der Waals surface area contributed by atoms with Crippen LogP contribution in [0.4, 0.5) is 8.78 Å². The minimum Gasteiger partial charge on any atom is -0.436 e. The molecule has 0 fully saturated rings. The molecule has 0 saturated heterocycles. The third-order valence-corrected chi connectivity index (χ3v) is 3.25. The highest BCUT2D eigenvalue weighted by atomic mass is 79.9. The van der Waals surface area contributed by atoms with Crippen molar-refractivity contribution >= 4 is 39.1 Å². The largest absolute Gasteiger partial charge is 0.436 e. The van der Waals surface area contributed by atoms with Gasteiger partial charge in [0.1, 0.15) is 0 Å². The first kappa shape index (κ1) is 14.5. The summed E-state index contributed by atoms with van der Waals surface area (Å²) in [5, 5.41) is 0.378. The Labute approximate surface area is 126 Å². The molecule has 2 nitrogen and oxygen atoms in total. The number of nitrogens with zero attached hydrogens (tertiary/aromatic N) is 1. The van der Waals surface area contributed by atoms with E-state index < -0.39 is 11.6 Å². The first-order valence-corrected chi connectivity index (χ1v) is 6.75. The van der Waals surface area contributed by atoms with Crippen LogP contribution in [0.1, 0.15) is 5.69 Å². The van der Waals surface area contributed by atoms with Crippen molar-refractivity contribution in [1.29, 1.82) is 0 Å². The number of alkyl halides is 1. The van der Waals surface area contributed by atoms with Crippen LogP contribution < -0.4 is 4.74 Å². The van der Waals surface area contributed by atoms with Gasteiger partial charge in [0.05, 0.1) is 16.6 Å². The highest BCUT2D eigenvalue weighted by Crippen LogP contribution is 2.30. The standard InChI is InChI=1S/C12H6BrCl2F2NO/c13-6-3-8(16)12(17)10(4-6)19-11-2-1-7(15)9(5-14)18-11/h1-4H,5H2. The maximum absolute atomic E-state index is 13.5. The van der Waals surface area contributed by atoms with Crippen molar-refractivity contribution in [2.45, 2.75) is 5.88 Å². The molecule has 0 aliphatic rings. The van der Waals surface area contributed by atoms with Crippen molar-refractivity contribution in [3.05, 3.63) is 51.1 Å². The van der Waals surface area contributed by atoms with E-state index in [1.54, 1.807) is 0 Å². The van der Waals surface area contributed by atoms with Gasteiger partial charge in [0.2, 0.25) is 11.7 Å². The summed E-state index contributed by atoms with van der Waals surface area (Å²) in [5.41, 5.74) is 0.400. The fraction of sp³-hybridized carbons (Fsp3) is 0.0833. The van der Waals surface area contributed by atoms with Gasteiger partial charge in [0.15, 0.2) is 11.6 Å². The third kappa shape index (κ3) is 3.35. The fourth-order valence-electron chi connectivity index (χ4n) is 1.33. The maximum Gasteiger partial charge on any atom is 0.219 e. The summed E-state index contributed by atoms with van der Waals surface area (Å²) in [6.07, 6.45) is 0. The van der Waals surface area contributed by atoms with Crippen molar-refractivity contribution in [3.8, 4) is 11.6 Å². The Morgan fingerprint density at radius 3 is 2.68 bits per heavy atom. The average molecular weight is 369 g/mol. The second-order valence-electron chi connectivity index (χ2n) is 3.51. The van der Waals surface area contributed by atoms with E-state index in [-0.39, 0.29) is 17.5 Å². The number of aromatic nitrogens is 1. The predicted octanol–water partition coefficient (Wildman–Crippen LogP) is 5.31. The van der Waals surface area contributed by atoms with Gasteiger partial charge in [-0.1, -0.05) is 27.5 Å². The average Bonchev–Trinajstić information content (AvgIpc) is 2.37. The number of hydrogen-bond acceptors (Lipinski definition) is 2. The van der Waals surface area contributed by atoms with Crippen LogP contribution in [-0.4, -0.2) is 4.98 Å². The van der Waals surface area contributed by atoms with Gasteiger partial charge in [-0.2, -0.15) is 4.39 Å². The van der Waals surface area contributed by atoms with E-state index in [2.05, 4.69) is 20.9 Å². The van der Waals surface area contributed by atoms with Gasteiger partial charge in [0.25, 0.3) is 0 Å². The predicted molar refractivity (Wildman–Crippen MR) is 72.9 cm³/mol. The molecule has 2 aromatic rings. The van der Waals surface area contributed by atoms with Crippen molar-refractivity contribution in [3.63, 3.8) is 0 Å². The minimum absolute atomic E-state index is 0.0800. The molecule has 0 aliphatic heterocycles. The van der Waals surface area contributed by atoms with Gasteiger partial charge >= 0.3 is 0 Å². The van der Waals surface area contributed by atoms with Crippen LogP contribution in [0.25, 0.3) is 0 Å². The zero-order valence-corrected chi connectivity index (χ0v) is 12.4. The molecule has 1 heterocycles. The molecule has 0 bridgehead atoms. The quantitative estimate of drug-likeness (QED) is 0.541. The van der Waals surface area contributed by atoms with Gasteiger partial charge in [-0.05, 0) is 18.2 Å².